The number of rotatable bonds is 2. The highest BCUT2D eigenvalue weighted by molar-refractivity contribution is 7.88. The summed E-state index contributed by atoms with van der Waals surface area (Å²) in [6.07, 6.45) is 2.57. The van der Waals surface area contributed by atoms with Crippen LogP contribution in [0, 0.1) is 0 Å². The molecule has 0 aromatic heterocycles. The van der Waals surface area contributed by atoms with Crippen LogP contribution in [-0.2, 0) is 10.0 Å². The fourth-order valence-electron chi connectivity index (χ4n) is 1.07. The third kappa shape index (κ3) is 3.65. The third-order valence-corrected chi connectivity index (χ3v) is 2.17. The van der Waals surface area contributed by atoms with E-state index in [1.54, 1.807) is 0 Å². The molecule has 0 radical (unpaired) electrons. The maximum absolute atomic E-state index is 12.6. The Morgan fingerprint density at radius 2 is 2.15 bits per heavy atom. The first-order valence-corrected chi connectivity index (χ1v) is 5.46. The van der Waals surface area contributed by atoms with Crippen molar-refractivity contribution in [2.45, 2.75) is 12.5 Å². The van der Waals surface area contributed by atoms with E-state index in [1.165, 1.54) is 0 Å². The van der Waals surface area contributed by atoms with Crippen molar-refractivity contribution >= 4 is 10.0 Å². The summed E-state index contributed by atoms with van der Waals surface area (Å²) in [4.78, 5) is 0. The molecule has 0 aliphatic heterocycles. The van der Waals surface area contributed by atoms with Gasteiger partial charge in [-0.05, 0) is 6.08 Å². The number of hydrogen-bond acceptors (Lipinski definition) is 2. The van der Waals surface area contributed by atoms with Gasteiger partial charge in [-0.25, -0.2) is 21.9 Å². The average molecular weight is 209 g/mol. The maximum atomic E-state index is 12.6. The van der Waals surface area contributed by atoms with E-state index in [4.69, 9.17) is 0 Å². The normalized spacial score (nSPS) is 23.8. The van der Waals surface area contributed by atoms with Gasteiger partial charge in [0.1, 0.15) is 11.7 Å². The highest BCUT2D eigenvalue weighted by atomic mass is 32.2. The molecule has 0 amide bonds. The van der Waals surface area contributed by atoms with Crippen molar-refractivity contribution in [1.29, 1.82) is 0 Å². The Kier molecular flexibility index (Phi) is 2.82. The van der Waals surface area contributed by atoms with Gasteiger partial charge in [0.05, 0.1) is 6.26 Å². The van der Waals surface area contributed by atoms with Crippen LogP contribution in [-0.4, -0.2) is 20.7 Å². The number of sulfonamides is 1. The highest BCUT2D eigenvalue weighted by Gasteiger charge is 2.18. The zero-order valence-corrected chi connectivity index (χ0v) is 7.74. The van der Waals surface area contributed by atoms with E-state index in [1.807, 2.05) is 0 Å². The van der Waals surface area contributed by atoms with E-state index in [0.29, 0.717) is 0 Å². The van der Waals surface area contributed by atoms with Crippen LogP contribution in [0.15, 0.2) is 23.8 Å². The Morgan fingerprint density at radius 1 is 1.54 bits per heavy atom. The van der Waals surface area contributed by atoms with Crippen LogP contribution in [0.1, 0.15) is 6.42 Å². The number of hydrogen-bond donors (Lipinski definition) is 1. The second-order valence-electron chi connectivity index (χ2n) is 2.84. The largest absolute Gasteiger partial charge is 0.213 e. The number of allylic oxidation sites excluding steroid dienone is 2. The minimum Gasteiger partial charge on any atom is -0.213 e. The van der Waals surface area contributed by atoms with E-state index in [9.17, 15) is 17.2 Å². The molecular weight excluding hydrogens is 200 g/mol. The summed E-state index contributed by atoms with van der Waals surface area (Å²) in [5, 5.41) is 0. The van der Waals surface area contributed by atoms with Crippen molar-refractivity contribution in [3.05, 3.63) is 23.8 Å². The fourth-order valence-corrected chi connectivity index (χ4v) is 1.77. The van der Waals surface area contributed by atoms with Gasteiger partial charge in [0.25, 0.3) is 0 Å². The van der Waals surface area contributed by atoms with Gasteiger partial charge in [-0.15, -0.1) is 0 Å². The molecule has 3 nitrogen and oxygen atoms in total. The molecule has 0 bridgehead atoms. The number of halogens is 2. The molecule has 0 saturated carbocycles. The first-order valence-electron chi connectivity index (χ1n) is 3.57. The Bertz CT molecular complexity index is 359. The van der Waals surface area contributed by atoms with Crippen LogP contribution in [0.4, 0.5) is 8.78 Å². The minimum atomic E-state index is -3.43. The first-order chi connectivity index (χ1) is 5.87. The van der Waals surface area contributed by atoms with Gasteiger partial charge in [-0.2, -0.15) is 0 Å². The smallest absolute Gasteiger partial charge is 0.209 e. The second-order valence-corrected chi connectivity index (χ2v) is 4.62. The molecule has 0 aromatic carbocycles. The first kappa shape index (κ1) is 10.3. The van der Waals surface area contributed by atoms with Crippen LogP contribution in [0.5, 0.6) is 0 Å². The second kappa shape index (κ2) is 3.55. The monoisotopic (exact) mass is 209 g/mol. The lowest BCUT2D eigenvalue weighted by molar-refractivity contribution is 0.512. The van der Waals surface area contributed by atoms with Gasteiger partial charge in [0.2, 0.25) is 10.0 Å². The topological polar surface area (TPSA) is 46.2 Å². The SMILES string of the molecule is CS(=O)(=O)N[C@H]1C=C(F)C=C(F)C1. The molecule has 1 aliphatic carbocycles. The Hall–Kier alpha value is -0.750. The summed E-state index contributed by atoms with van der Waals surface area (Å²) in [6, 6.07) is -0.819. The molecule has 1 rings (SSSR count). The summed E-state index contributed by atoms with van der Waals surface area (Å²) in [5.74, 6) is -1.42. The molecule has 0 saturated heterocycles. The Labute approximate surface area is 75.2 Å². The molecule has 6 heteroatoms. The van der Waals surface area contributed by atoms with Crippen LogP contribution in [0.3, 0.4) is 0 Å². The van der Waals surface area contributed by atoms with Gasteiger partial charge in [0.15, 0.2) is 0 Å². The van der Waals surface area contributed by atoms with Gasteiger partial charge in [-0.3, -0.25) is 0 Å². The molecule has 0 aromatic rings. The average Bonchev–Trinajstić information content (AvgIpc) is 1.78. The van der Waals surface area contributed by atoms with Crippen molar-refractivity contribution in [2.24, 2.45) is 0 Å². The lowest BCUT2D eigenvalue weighted by Gasteiger charge is -2.15. The summed E-state index contributed by atoms with van der Waals surface area (Å²) < 4.78 is 48.7. The van der Waals surface area contributed by atoms with E-state index < -0.39 is 27.7 Å². The van der Waals surface area contributed by atoms with Crippen molar-refractivity contribution in [3.63, 3.8) is 0 Å². The zero-order valence-electron chi connectivity index (χ0n) is 6.92. The molecule has 0 spiro atoms. The van der Waals surface area contributed by atoms with Crippen LogP contribution < -0.4 is 4.72 Å². The van der Waals surface area contributed by atoms with Crippen molar-refractivity contribution in [2.75, 3.05) is 6.26 Å². The maximum Gasteiger partial charge on any atom is 0.209 e. The summed E-state index contributed by atoms with van der Waals surface area (Å²) in [6.45, 7) is 0. The van der Waals surface area contributed by atoms with Crippen molar-refractivity contribution in [1.82, 2.24) is 4.72 Å². The molecule has 1 atom stereocenters. The molecular formula is C7H9F2NO2S. The third-order valence-electron chi connectivity index (χ3n) is 1.44. The molecule has 13 heavy (non-hydrogen) atoms. The predicted molar refractivity (Wildman–Crippen MR) is 44.8 cm³/mol. The van der Waals surface area contributed by atoms with Crippen molar-refractivity contribution < 1.29 is 17.2 Å². The summed E-state index contributed by atoms with van der Waals surface area (Å²) >= 11 is 0. The predicted octanol–water partition coefficient (Wildman–Crippen LogP) is 1.01. The van der Waals surface area contributed by atoms with E-state index in [-0.39, 0.29) is 6.42 Å². The zero-order chi connectivity index (χ0) is 10.1. The lowest BCUT2D eigenvalue weighted by atomic mass is 10.1. The fraction of sp³-hybridized carbons (Fsp3) is 0.429. The summed E-state index contributed by atoms with van der Waals surface area (Å²) in [7, 11) is -3.43. The molecule has 0 unspecified atom stereocenters. The molecule has 74 valence electrons. The van der Waals surface area contributed by atoms with E-state index in [0.717, 1.165) is 18.4 Å². The van der Waals surface area contributed by atoms with Crippen LogP contribution in [0.2, 0.25) is 0 Å². The van der Waals surface area contributed by atoms with Gasteiger partial charge in [0, 0.05) is 18.5 Å². The van der Waals surface area contributed by atoms with Crippen LogP contribution >= 0.6 is 0 Å². The lowest BCUT2D eigenvalue weighted by Crippen LogP contribution is -2.33. The quantitative estimate of drug-likeness (QED) is 0.737. The standard InChI is InChI=1S/C7H9F2NO2S/c1-13(11,12)10-7-3-5(8)2-6(9)4-7/h2-3,7,10H,4H2,1H3/t7-/m0/s1. The Morgan fingerprint density at radius 3 is 2.62 bits per heavy atom. The van der Waals surface area contributed by atoms with E-state index in [2.05, 4.69) is 4.72 Å². The Balaban J connectivity index is 2.72. The molecule has 0 fully saturated rings. The van der Waals surface area contributed by atoms with Crippen molar-refractivity contribution in [3.8, 4) is 0 Å². The molecule has 1 N–H and O–H groups in total. The summed E-state index contributed by atoms with van der Waals surface area (Å²) in [5.41, 5.74) is 0. The van der Waals surface area contributed by atoms with Gasteiger partial charge >= 0.3 is 0 Å². The molecule has 1 aliphatic rings. The van der Waals surface area contributed by atoms with Gasteiger partial charge < -0.3 is 0 Å². The van der Waals surface area contributed by atoms with Crippen LogP contribution in [0.25, 0.3) is 0 Å². The van der Waals surface area contributed by atoms with Gasteiger partial charge in [-0.1, -0.05) is 0 Å². The number of nitrogens with one attached hydrogen (secondary N) is 1. The van der Waals surface area contributed by atoms with E-state index >= 15 is 0 Å². The highest BCUT2D eigenvalue weighted by Crippen LogP contribution is 2.19. The molecule has 0 heterocycles. The minimum absolute atomic E-state index is 0.138.